The van der Waals surface area contributed by atoms with Crippen LogP contribution >= 0.6 is 11.6 Å². The van der Waals surface area contributed by atoms with E-state index in [9.17, 15) is 14.9 Å². The number of methoxy groups -OCH3 is 1. The minimum atomic E-state index is -0.578. The van der Waals surface area contributed by atoms with Gasteiger partial charge in [0.15, 0.2) is 0 Å². The average Bonchev–Trinajstić information content (AvgIpc) is 2.29. The lowest BCUT2D eigenvalue weighted by Gasteiger charge is -2.13. The van der Waals surface area contributed by atoms with Gasteiger partial charge < -0.3 is 10.1 Å². The number of benzene rings is 1. The van der Waals surface area contributed by atoms with Gasteiger partial charge in [0.25, 0.3) is 11.6 Å². The Hall–Kier alpha value is -1.66. The van der Waals surface area contributed by atoms with Crippen molar-refractivity contribution in [2.24, 2.45) is 0 Å². The van der Waals surface area contributed by atoms with E-state index < -0.39 is 10.8 Å². The molecule has 1 atom stereocenters. The van der Waals surface area contributed by atoms with E-state index in [-0.39, 0.29) is 22.3 Å². The van der Waals surface area contributed by atoms with Gasteiger partial charge in [-0.2, -0.15) is 0 Å². The largest absolute Gasteiger partial charge is 0.383 e. The Kier molecular flexibility index (Phi) is 5.06. The summed E-state index contributed by atoms with van der Waals surface area (Å²) >= 11 is 5.84. The third kappa shape index (κ3) is 3.68. The van der Waals surface area contributed by atoms with Crippen molar-refractivity contribution >= 4 is 23.2 Å². The van der Waals surface area contributed by atoms with Crippen LogP contribution in [0.3, 0.4) is 0 Å². The Bertz CT molecular complexity index is 464. The fourth-order valence-corrected chi connectivity index (χ4v) is 1.60. The average molecular weight is 273 g/mol. The molecule has 0 radical (unpaired) electrons. The fraction of sp³-hybridized carbons (Fsp3) is 0.364. The molecule has 98 valence electrons. The van der Waals surface area contributed by atoms with Gasteiger partial charge in [0.05, 0.1) is 22.1 Å². The summed E-state index contributed by atoms with van der Waals surface area (Å²) in [5.41, 5.74) is -0.0993. The molecule has 1 N–H and O–H groups in total. The van der Waals surface area contributed by atoms with Gasteiger partial charge in [0, 0.05) is 25.3 Å². The molecule has 1 amide bonds. The number of rotatable bonds is 5. The van der Waals surface area contributed by atoms with Crippen LogP contribution in [-0.4, -0.2) is 30.6 Å². The quantitative estimate of drug-likeness (QED) is 0.657. The topological polar surface area (TPSA) is 81.5 Å². The van der Waals surface area contributed by atoms with E-state index in [1.807, 2.05) is 0 Å². The number of nitro benzene ring substituents is 1. The van der Waals surface area contributed by atoms with E-state index in [4.69, 9.17) is 16.3 Å². The smallest absolute Gasteiger partial charge is 0.270 e. The second kappa shape index (κ2) is 6.32. The molecule has 0 spiro atoms. The minimum absolute atomic E-state index is 0.0776. The lowest BCUT2D eigenvalue weighted by atomic mass is 10.1. The molecule has 0 saturated carbocycles. The SMILES string of the molecule is COC[C@H](C)NC(=O)c1cc([N+](=O)[O-])ccc1Cl. The maximum Gasteiger partial charge on any atom is 0.270 e. The van der Waals surface area contributed by atoms with E-state index in [0.717, 1.165) is 6.07 Å². The number of nitrogens with zero attached hydrogens (tertiary/aromatic N) is 1. The number of carbonyl (C=O) groups excluding carboxylic acids is 1. The molecule has 18 heavy (non-hydrogen) atoms. The molecule has 0 saturated heterocycles. The number of ether oxygens (including phenoxy) is 1. The molecular formula is C11H13ClN2O4. The first kappa shape index (κ1) is 14.4. The first-order chi connectivity index (χ1) is 8.45. The Labute approximate surface area is 109 Å². The van der Waals surface area contributed by atoms with Crippen molar-refractivity contribution in [1.82, 2.24) is 5.32 Å². The van der Waals surface area contributed by atoms with Crippen LogP contribution in [0.5, 0.6) is 0 Å². The molecule has 0 aliphatic carbocycles. The van der Waals surface area contributed by atoms with Crippen LogP contribution in [0.25, 0.3) is 0 Å². The molecule has 0 unspecified atom stereocenters. The second-order valence-corrected chi connectivity index (χ2v) is 4.16. The van der Waals surface area contributed by atoms with Crippen LogP contribution in [-0.2, 0) is 4.74 Å². The van der Waals surface area contributed by atoms with Gasteiger partial charge in [-0.1, -0.05) is 11.6 Å². The van der Waals surface area contributed by atoms with Gasteiger partial charge in [0.1, 0.15) is 0 Å². The molecule has 0 aliphatic rings. The number of nitrogens with one attached hydrogen (secondary N) is 1. The number of hydrogen-bond acceptors (Lipinski definition) is 4. The molecule has 1 rings (SSSR count). The van der Waals surface area contributed by atoms with Gasteiger partial charge in [-0.25, -0.2) is 0 Å². The summed E-state index contributed by atoms with van der Waals surface area (Å²) in [5.74, 6) is -0.465. The molecule has 1 aromatic carbocycles. The summed E-state index contributed by atoms with van der Waals surface area (Å²) < 4.78 is 4.88. The molecule has 0 heterocycles. The van der Waals surface area contributed by atoms with Gasteiger partial charge in [-0.05, 0) is 13.0 Å². The van der Waals surface area contributed by atoms with Gasteiger partial charge in [-0.15, -0.1) is 0 Å². The Morgan fingerprint density at radius 3 is 2.83 bits per heavy atom. The number of amides is 1. The van der Waals surface area contributed by atoms with Crippen LogP contribution in [0, 0.1) is 10.1 Å². The zero-order valence-corrected chi connectivity index (χ0v) is 10.7. The molecular weight excluding hydrogens is 260 g/mol. The Morgan fingerprint density at radius 1 is 1.61 bits per heavy atom. The number of carbonyl (C=O) groups is 1. The highest BCUT2D eigenvalue weighted by molar-refractivity contribution is 6.33. The van der Waals surface area contributed by atoms with E-state index in [2.05, 4.69) is 5.32 Å². The first-order valence-electron chi connectivity index (χ1n) is 5.19. The van der Waals surface area contributed by atoms with E-state index in [0.29, 0.717) is 6.61 Å². The zero-order chi connectivity index (χ0) is 13.7. The van der Waals surface area contributed by atoms with Crippen molar-refractivity contribution in [3.8, 4) is 0 Å². The standard InChI is InChI=1S/C11H13ClN2O4/c1-7(6-18-2)13-11(15)9-5-8(14(16)17)3-4-10(9)12/h3-5,7H,6H2,1-2H3,(H,13,15)/t7-/m0/s1. The Balaban J connectivity index is 2.91. The lowest BCUT2D eigenvalue weighted by Crippen LogP contribution is -2.35. The van der Waals surface area contributed by atoms with Crippen molar-refractivity contribution in [1.29, 1.82) is 0 Å². The number of halogens is 1. The monoisotopic (exact) mass is 272 g/mol. The van der Waals surface area contributed by atoms with E-state index in [1.54, 1.807) is 6.92 Å². The number of nitro groups is 1. The molecule has 0 aromatic heterocycles. The summed E-state index contributed by atoms with van der Waals surface area (Å²) in [4.78, 5) is 21.9. The molecule has 7 heteroatoms. The van der Waals surface area contributed by atoms with Gasteiger partial charge >= 0.3 is 0 Å². The summed E-state index contributed by atoms with van der Waals surface area (Å²) in [5, 5.41) is 13.4. The Morgan fingerprint density at radius 2 is 2.28 bits per heavy atom. The van der Waals surface area contributed by atoms with Crippen molar-refractivity contribution in [3.63, 3.8) is 0 Å². The second-order valence-electron chi connectivity index (χ2n) is 3.75. The highest BCUT2D eigenvalue weighted by atomic mass is 35.5. The van der Waals surface area contributed by atoms with Crippen molar-refractivity contribution in [2.45, 2.75) is 13.0 Å². The summed E-state index contributed by atoms with van der Waals surface area (Å²) in [7, 11) is 1.52. The third-order valence-corrected chi connectivity index (χ3v) is 2.53. The highest BCUT2D eigenvalue weighted by Crippen LogP contribution is 2.21. The fourth-order valence-electron chi connectivity index (χ4n) is 1.39. The van der Waals surface area contributed by atoms with Crippen molar-refractivity contribution in [2.75, 3.05) is 13.7 Å². The number of non-ortho nitro benzene ring substituents is 1. The molecule has 6 nitrogen and oxygen atoms in total. The van der Waals surface area contributed by atoms with Crippen molar-refractivity contribution in [3.05, 3.63) is 38.9 Å². The number of hydrogen-bond donors (Lipinski definition) is 1. The summed E-state index contributed by atoms with van der Waals surface area (Å²) in [6.45, 7) is 2.10. The van der Waals surface area contributed by atoms with Gasteiger partial charge in [-0.3, -0.25) is 14.9 Å². The summed E-state index contributed by atoms with van der Waals surface area (Å²) in [6, 6.07) is 3.52. The van der Waals surface area contributed by atoms with Crippen LogP contribution in [0.15, 0.2) is 18.2 Å². The minimum Gasteiger partial charge on any atom is -0.383 e. The van der Waals surface area contributed by atoms with Gasteiger partial charge in [0.2, 0.25) is 0 Å². The maximum atomic E-state index is 11.9. The third-order valence-electron chi connectivity index (χ3n) is 2.20. The predicted octanol–water partition coefficient (Wildman–Crippen LogP) is 2.01. The predicted molar refractivity (Wildman–Crippen MR) is 66.9 cm³/mol. The van der Waals surface area contributed by atoms with Crippen LogP contribution < -0.4 is 5.32 Å². The molecule has 1 aromatic rings. The van der Waals surface area contributed by atoms with Crippen LogP contribution in [0.1, 0.15) is 17.3 Å². The molecule has 0 fully saturated rings. The normalized spacial score (nSPS) is 11.9. The summed E-state index contributed by atoms with van der Waals surface area (Å²) in [6.07, 6.45) is 0. The lowest BCUT2D eigenvalue weighted by molar-refractivity contribution is -0.384. The van der Waals surface area contributed by atoms with Crippen LogP contribution in [0.4, 0.5) is 5.69 Å². The molecule has 0 aliphatic heterocycles. The highest BCUT2D eigenvalue weighted by Gasteiger charge is 2.17. The van der Waals surface area contributed by atoms with Crippen molar-refractivity contribution < 1.29 is 14.5 Å². The first-order valence-corrected chi connectivity index (χ1v) is 5.57. The molecule has 0 bridgehead atoms. The van der Waals surface area contributed by atoms with Crippen LogP contribution in [0.2, 0.25) is 5.02 Å². The van der Waals surface area contributed by atoms with E-state index in [1.165, 1.54) is 19.2 Å². The maximum absolute atomic E-state index is 11.9. The van der Waals surface area contributed by atoms with E-state index >= 15 is 0 Å². The zero-order valence-electron chi connectivity index (χ0n) is 9.97.